The molecule has 1 aliphatic heterocycles. The minimum absolute atomic E-state index is 0.109. The smallest absolute Gasteiger partial charge is 0.222 e. The Kier molecular flexibility index (Phi) is 5.77. The Morgan fingerprint density at radius 3 is 2.81 bits per heavy atom. The summed E-state index contributed by atoms with van der Waals surface area (Å²) in [6.45, 7) is 0.772. The fourth-order valence-electron chi connectivity index (χ4n) is 2.48. The minimum Gasteiger partial charge on any atom is -0.384 e. The van der Waals surface area contributed by atoms with Gasteiger partial charge in [-0.1, -0.05) is 30.7 Å². The van der Waals surface area contributed by atoms with Gasteiger partial charge in [-0.3, -0.25) is 4.79 Å². The molecule has 1 saturated heterocycles. The van der Waals surface area contributed by atoms with Crippen molar-refractivity contribution in [1.29, 1.82) is 0 Å². The molecule has 2 rings (SSSR count). The summed E-state index contributed by atoms with van der Waals surface area (Å²) < 4.78 is 14.1. The molecule has 0 atom stereocenters. The van der Waals surface area contributed by atoms with Gasteiger partial charge in [-0.25, -0.2) is 4.39 Å². The molecule has 1 N–H and O–H groups in total. The van der Waals surface area contributed by atoms with Gasteiger partial charge in [0.25, 0.3) is 0 Å². The van der Waals surface area contributed by atoms with Gasteiger partial charge in [0.1, 0.15) is 12.4 Å². The number of aliphatic hydroxyl groups is 1. The molecule has 0 aromatic heterocycles. The summed E-state index contributed by atoms with van der Waals surface area (Å²) in [5.74, 6) is 4.92. The molecular weight excluding hydrogens is 269 g/mol. The number of amides is 1. The molecular formula is C17H20FNO2. The summed E-state index contributed by atoms with van der Waals surface area (Å²) in [7, 11) is 0. The third-order valence-corrected chi connectivity index (χ3v) is 3.65. The lowest BCUT2D eigenvalue weighted by Gasteiger charge is -2.25. The van der Waals surface area contributed by atoms with Crippen molar-refractivity contribution in [3.63, 3.8) is 0 Å². The summed E-state index contributed by atoms with van der Waals surface area (Å²) in [4.78, 5) is 13.8. The average Bonchev–Trinajstić information content (AvgIpc) is 2.46. The number of carbonyl (C=O) groups is 1. The van der Waals surface area contributed by atoms with Gasteiger partial charge < -0.3 is 10.0 Å². The Labute approximate surface area is 124 Å². The zero-order chi connectivity index (χ0) is 15.1. The third kappa shape index (κ3) is 4.57. The van der Waals surface area contributed by atoms with Gasteiger partial charge in [-0.2, -0.15) is 0 Å². The Bertz CT molecular complexity index is 560. The molecule has 3 nitrogen and oxygen atoms in total. The number of hydrogen-bond donors (Lipinski definition) is 1. The first-order valence-corrected chi connectivity index (χ1v) is 7.36. The predicted octanol–water partition coefficient (Wildman–Crippen LogP) is 2.46. The second-order valence-electron chi connectivity index (χ2n) is 5.25. The average molecular weight is 289 g/mol. The van der Waals surface area contributed by atoms with Gasteiger partial charge in [0.05, 0.1) is 0 Å². The topological polar surface area (TPSA) is 40.5 Å². The number of aliphatic hydroxyl groups excluding tert-OH is 1. The largest absolute Gasteiger partial charge is 0.384 e. The van der Waals surface area contributed by atoms with Crippen LogP contribution in [0.5, 0.6) is 0 Å². The number of likely N-dealkylation sites (tertiary alicyclic amines) is 1. The van der Waals surface area contributed by atoms with E-state index < -0.39 is 0 Å². The monoisotopic (exact) mass is 289 g/mol. The normalized spacial score (nSPS) is 15.9. The highest BCUT2D eigenvalue weighted by atomic mass is 19.1. The molecule has 1 aromatic carbocycles. The van der Waals surface area contributed by atoms with Crippen LogP contribution >= 0.6 is 0 Å². The molecule has 4 heteroatoms. The van der Waals surface area contributed by atoms with Crippen LogP contribution in [0, 0.1) is 17.7 Å². The third-order valence-electron chi connectivity index (χ3n) is 3.65. The quantitative estimate of drug-likeness (QED) is 0.850. The molecule has 0 saturated carbocycles. The highest BCUT2D eigenvalue weighted by Gasteiger charge is 2.17. The minimum atomic E-state index is -0.352. The van der Waals surface area contributed by atoms with Crippen LogP contribution in [0.2, 0.25) is 0 Å². The van der Waals surface area contributed by atoms with Crippen molar-refractivity contribution < 1.29 is 14.3 Å². The van der Waals surface area contributed by atoms with Crippen molar-refractivity contribution in [2.24, 2.45) is 0 Å². The fourth-order valence-corrected chi connectivity index (χ4v) is 2.48. The van der Waals surface area contributed by atoms with Crippen molar-refractivity contribution in [1.82, 2.24) is 4.90 Å². The standard InChI is InChI=1S/C17H20FNO2/c18-16-12-14(6-5-11-20)8-9-15(16)13-19-10-4-2-1-3-7-17(19)21/h8-9,12,20H,1-4,7,10-11,13H2. The van der Waals surface area contributed by atoms with Crippen LogP contribution in [0.15, 0.2) is 18.2 Å². The van der Waals surface area contributed by atoms with E-state index in [1.807, 2.05) is 0 Å². The van der Waals surface area contributed by atoms with Crippen molar-refractivity contribution in [3.8, 4) is 11.8 Å². The molecule has 1 aliphatic rings. The number of halogens is 1. The van der Waals surface area contributed by atoms with Crippen LogP contribution in [0.25, 0.3) is 0 Å². The van der Waals surface area contributed by atoms with E-state index in [1.165, 1.54) is 6.07 Å². The van der Waals surface area contributed by atoms with E-state index in [1.54, 1.807) is 17.0 Å². The van der Waals surface area contributed by atoms with E-state index in [9.17, 15) is 9.18 Å². The van der Waals surface area contributed by atoms with Crippen LogP contribution in [0.1, 0.15) is 43.2 Å². The lowest BCUT2D eigenvalue weighted by Crippen LogP contribution is -2.32. The molecule has 0 bridgehead atoms. The zero-order valence-corrected chi connectivity index (χ0v) is 12.1. The molecule has 0 unspecified atom stereocenters. The molecule has 1 amide bonds. The number of nitrogens with zero attached hydrogens (tertiary/aromatic N) is 1. The van der Waals surface area contributed by atoms with E-state index in [0.717, 1.165) is 25.7 Å². The maximum atomic E-state index is 14.1. The molecule has 21 heavy (non-hydrogen) atoms. The predicted molar refractivity (Wildman–Crippen MR) is 78.9 cm³/mol. The molecule has 1 heterocycles. The number of hydrogen-bond acceptors (Lipinski definition) is 2. The van der Waals surface area contributed by atoms with Crippen molar-refractivity contribution in [2.45, 2.75) is 38.6 Å². The Morgan fingerprint density at radius 1 is 1.24 bits per heavy atom. The van der Waals surface area contributed by atoms with Crippen LogP contribution in [-0.4, -0.2) is 29.1 Å². The number of benzene rings is 1. The molecule has 112 valence electrons. The maximum Gasteiger partial charge on any atom is 0.222 e. The lowest BCUT2D eigenvalue weighted by molar-refractivity contribution is -0.132. The van der Waals surface area contributed by atoms with Crippen molar-refractivity contribution >= 4 is 5.91 Å². The maximum absolute atomic E-state index is 14.1. The van der Waals surface area contributed by atoms with E-state index in [-0.39, 0.29) is 18.3 Å². The lowest BCUT2D eigenvalue weighted by atomic mass is 10.1. The van der Waals surface area contributed by atoms with Crippen LogP contribution in [-0.2, 0) is 11.3 Å². The highest BCUT2D eigenvalue weighted by Crippen LogP contribution is 2.17. The molecule has 0 radical (unpaired) electrons. The zero-order valence-electron chi connectivity index (χ0n) is 12.1. The van der Waals surface area contributed by atoms with Crippen LogP contribution < -0.4 is 0 Å². The summed E-state index contributed by atoms with van der Waals surface area (Å²) in [5, 5.41) is 8.64. The van der Waals surface area contributed by atoms with Crippen LogP contribution in [0.3, 0.4) is 0 Å². The van der Waals surface area contributed by atoms with Gasteiger partial charge in [0.15, 0.2) is 0 Å². The summed E-state index contributed by atoms with van der Waals surface area (Å²) in [6.07, 6.45) is 4.69. The summed E-state index contributed by atoms with van der Waals surface area (Å²) in [6, 6.07) is 4.74. The van der Waals surface area contributed by atoms with Gasteiger partial charge in [0.2, 0.25) is 5.91 Å². The van der Waals surface area contributed by atoms with E-state index in [2.05, 4.69) is 11.8 Å². The van der Waals surface area contributed by atoms with E-state index in [0.29, 0.717) is 30.6 Å². The first-order chi connectivity index (χ1) is 10.2. The van der Waals surface area contributed by atoms with Gasteiger partial charge >= 0.3 is 0 Å². The van der Waals surface area contributed by atoms with Gasteiger partial charge in [0, 0.05) is 30.6 Å². The highest BCUT2D eigenvalue weighted by molar-refractivity contribution is 5.76. The molecule has 1 aromatic rings. The van der Waals surface area contributed by atoms with Gasteiger partial charge in [-0.05, 0) is 25.0 Å². The van der Waals surface area contributed by atoms with Crippen molar-refractivity contribution in [2.75, 3.05) is 13.2 Å². The second kappa shape index (κ2) is 7.80. The van der Waals surface area contributed by atoms with Gasteiger partial charge in [-0.15, -0.1) is 0 Å². The Balaban J connectivity index is 2.08. The summed E-state index contributed by atoms with van der Waals surface area (Å²) >= 11 is 0. The first kappa shape index (κ1) is 15.5. The van der Waals surface area contributed by atoms with Crippen LogP contribution in [0.4, 0.5) is 4.39 Å². The Morgan fingerprint density at radius 2 is 2.05 bits per heavy atom. The summed E-state index contributed by atoms with van der Waals surface area (Å²) in [5.41, 5.74) is 1.04. The molecule has 0 spiro atoms. The first-order valence-electron chi connectivity index (χ1n) is 7.36. The molecule has 0 aliphatic carbocycles. The van der Waals surface area contributed by atoms with E-state index >= 15 is 0 Å². The molecule has 1 fully saturated rings. The number of carbonyl (C=O) groups excluding carboxylic acids is 1. The second-order valence-corrected chi connectivity index (χ2v) is 5.25. The van der Waals surface area contributed by atoms with E-state index in [4.69, 9.17) is 5.11 Å². The van der Waals surface area contributed by atoms with Crippen molar-refractivity contribution in [3.05, 3.63) is 35.1 Å². The number of rotatable bonds is 2. The fraction of sp³-hybridized carbons (Fsp3) is 0.471. The Hall–Kier alpha value is -1.86. The SMILES string of the molecule is O=C1CCCCCCN1Cc1ccc(C#CCO)cc1F.